The second-order valence-corrected chi connectivity index (χ2v) is 6.91. The number of benzene rings is 2. The number of fused-ring (bicyclic) bond motifs is 1. The van der Waals surface area contributed by atoms with E-state index in [0.29, 0.717) is 23.1 Å². The van der Waals surface area contributed by atoms with Crippen molar-refractivity contribution >= 4 is 32.6 Å². The Bertz CT molecular complexity index is 854. The number of amides is 1. The molecular formula is C19H18N2O3S. The maximum atomic E-state index is 12.7. The SMILES string of the molecule is O=C(Nc1nc2ccccc2s1)c1ccccc1OCC1CCCO1. The number of thiazole rings is 1. The lowest BCUT2D eigenvalue weighted by atomic mass is 10.2. The number of hydrogen-bond donors (Lipinski definition) is 1. The average molecular weight is 354 g/mol. The van der Waals surface area contributed by atoms with Crippen molar-refractivity contribution < 1.29 is 14.3 Å². The molecule has 0 aliphatic carbocycles. The molecule has 25 heavy (non-hydrogen) atoms. The average Bonchev–Trinajstić information content (AvgIpc) is 3.29. The van der Waals surface area contributed by atoms with E-state index in [1.807, 2.05) is 42.5 Å². The number of ether oxygens (including phenoxy) is 2. The molecule has 1 saturated heterocycles. The minimum Gasteiger partial charge on any atom is -0.490 e. The third-order valence-electron chi connectivity index (χ3n) is 4.09. The smallest absolute Gasteiger partial charge is 0.261 e. The molecule has 0 bridgehead atoms. The molecule has 1 N–H and O–H groups in total. The second-order valence-electron chi connectivity index (χ2n) is 5.88. The van der Waals surface area contributed by atoms with Crippen LogP contribution in [-0.2, 0) is 4.74 Å². The Morgan fingerprint density at radius 1 is 1.24 bits per heavy atom. The molecule has 1 amide bonds. The van der Waals surface area contributed by atoms with Crippen LogP contribution in [0.1, 0.15) is 23.2 Å². The number of para-hydroxylation sites is 2. The van der Waals surface area contributed by atoms with Crippen LogP contribution in [0.25, 0.3) is 10.2 Å². The Morgan fingerprint density at radius 2 is 2.08 bits per heavy atom. The molecule has 0 saturated carbocycles. The van der Waals surface area contributed by atoms with Gasteiger partial charge in [0.1, 0.15) is 12.4 Å². The first-order valence-electron chi connectivity index (χ1n) is 8.30. The van der Waals surface area contributed by atoms with Gasteiger partial charge in [0.2, 0.25) is 0 Å². The van der Waals surface area contributed by atoms with Gasteiger partial charge < -0.3 is 9.47 Å². The van der Waals surface area contributed by atoms with E-state index in [-0.39, 0.29) is 12.0 Å². The Labute approximate surface area is 149 Å². The van der Waals surface area contributed by atoms with E-state index >= 15 is 0 Å². The Morgan fingerprint density at radius 3 is 2.92 bits per heavy atom. The highest BCUT2D eigenvalue weighted by Crippen LogP contribution is 2.27. The highest BCUT2D eigenvalue weighted by molar-refractivity contribution is 7.22. The maximum Gasteiger partial charge on any atom is 0.261 e. The van der Waals surface area contributed by atoms with Crippen LogP contribution in [-0.4, -0.2) is 30.2 Å². The van der Waals surface area contributed by atoms with E-state index in [1.54, 1.807) is 6.07 Å². The number of anilines is 1. The fourth-order valence-electron chi connectivity index (χ4n) is 2.83. The summed E-state index contributed by atoms with van der Waals surface area (Å²) < 4.78 is 12.4. The molecule has 4 rings (SSSR count). The molecular weight excluding hydrogens is 336 g/mol. The molecule has 1 aromatic heterocycles. The van der Waals surface area contributed by atoms with Crippen LogP contribution in [0.5, 0.6) is 5.75 Å². The fourth-order valence-corrected chi connectivity index (χ4v) is 3.69. The summed E-state index contributed by atoms with van der Waals surface area (Å²) in [5, 5.41) is 3.46. The highest BCUT2D eigenvalue weighted by Gasteiger charge is 2.19. The molecule has 0 radical (unpaired) electrons. The van der Waals surface area contributed by atoms with Gasteiger partial charge in [0.25, 0.3) is 5.91 Å². The number of hydrogen-bond acceptors (Lipinski definition) is 5. The lowest BCUT2D eigenvalue weighted by Crippen LogP contribution is -2.19. The van der Waals surface area contributed by atoms with Crippen LogP contribution in [0.15, 0.2) is 48.5 Å². The lowest BCUT2D eigenvalue weighted by molar-refractivity contribution is 0.0673. The van der Waals surface area contributed by atoms with Gasteiger partial charge in [0.15, 0.2) is 5.13 Å². The Balaban J connectivity index is 1.49. The molecule has 128 valence electrons. The number of rotatable bonds is 5. The molecule has 1 fully saturated rings. The van der Waals surface area contributed by atoms with Gasteiger partial charge in [-0.05, 0) is 37.1 Å². The van der Waals surface area contributed by atoms with Crippen molar-refractivity contribution in [3.8, 4) is 5.75 Å². The van der Waals surface area contributed by atoms with Gasteiger partial charge in [-0.3, -0.25) is 10.1 Å². The second kappa shape index (κ2) is 7.21. The summed E-state index contributed by atoms with van der Waals surface area (Å²) in [5.74, 6) is 0.346. The summed E-state index contributed by atoms with van der Waals surface area (Å²) in [7, 11) is 0. The number of carbonyl (C=O) groups excluding carboxylic acids is 1. The van der Waals surface area contributed by atoms with Gasteiger partial charge in [0, 0.05) is 6.61 Å². The summed E-state index contributed by atoms with van der Waals surface area (Å²) in [4.78, 5) is 17.1. The van der Waals surface area contributed by atoms with Crippen LogP contribution in [0.4, 0.5) is 5.13 Å². The lowest BCUT2D eigenvalue weighted by Gasteiger charge is -2.14. The molecule has 1 atom stereocenters. The molecule has 1 unspecified atom stereocenters. The normalized spacial score (nSPS) is 16.9. The first-order chi connectivity index (χ1) is 12.3. The molecule has 2 aromatic carbocycles. The van der Waals surface area contributed by atoms with Crippen LogP contribution in [0, 0.1) is 0 Å². The topological polar surface area (TPSA) is 60.5 Å². The van der Waals surface area contributed by atoms with Gasteiger partial charge >= 0.3 is 0 Å². The van der Waals surface area contributed by atoms with Crippen molar-refractivity contribution in [2.75, 3.05) is 18.5 Å². The van der Waals surface area contributed by atoms with E-state index in [0.717, 1.165) is 29.7 Å². The van der Waals surface area contributed by atoms with Crippen LogP contribution >= 0.6 is 11.3 Å². The van der Waals surface area contributed by atoms with Crippen molar-refractivity contribution in [2.45, 2.75) is 18.9 Å². The maximum absolute atomic E-state index is 12.7. The van der Waals surface area contributed by atoms with Crippen molar-refractivity contribution in [2.24, 2.45) is 0 Å². The zero-order chi connectivity index (χ0) is 17.1. The van der Waals surface area contributed by atoms with Crippen LogP contribution < -0.4 is 10.1 Å². The van der Waals surface area contributed by atoms with E-state index in [9.17, 15) is 4.79 Å². The minimum atomic E-state index is -0.220. The summed E-state index contributed by atoms with van der Waals surface area (Å²) in [6.45, 7) is 1.25. The van der Waals surface area contributed by atoms with E-state index in [4.69, 9.17) is 9.47 Å². The number of aromatic nitrogens is 1. The number of carbonyl (C=O) groups is 1. The Hall–Kier alpha value is -2.44. The van der Waals surface area contributed by atoms with Crippen molar-refractivity contribution in [3.05, 3.63) is 54.1 Å². The third kappa shape index (κ3) is 3.65. The van der Waals surface area contributed by atoms with Gasteiger partial charge in [0.05, 0.1) is 21.9 Å². The van der Waals surface area contributed by atoms with Gasteiger partial charge in [-0.2, -0.15) is 0 Å². The predicted molar refractivity (Wildman–Crippen MR) is 98.5 cm³/mol. The van der Waals surface area contributed by atoms with Gasteiger partial charge in [-0.15, -0.1) is 0 Å². The summed E-state index contributed by atoms with van der Waals surface area (Å²) >= 11 is 1.46. The molecule has 0 spiro atoms. The zero-order valence-corrected chi connectivity index (χ0v) is 14.4. The molecule has 3 aromatic rings. The van der Waals surface area contributed by atoms with E-state index in [2.05, 4.69) is 10.3 Å². The van der Waals surface area contributed by atoms with Gasteiger partial charge in [-0.1, -0.05) is 35.6 Å². The fraction of sp³-hybridized carbons (Fsp3) is 0.263. The largest absolute Gasteiger partial charge is 0.490 e. The summed E-state index contributed by atoms with van der Waals surface area (Å²) in [6.07, 6.45) is 2.17. The van der Waals surface area contributed by atoms with E-state index in [1.165, 1.54) is 11.3 Å². The third-order valence-corrected chi connectivity index (χ3v) is 5.05. The quantitative estimate of drug-likeness (QED) is 0.749. The molecule has 1 aliphatic rings. The predicted octanol–water partition coefficient (Wildman–Crippen LogP) is 4.11. The molecule has 6 heteroatoms. The van der Waals surface area contributed by atoms with Crippen LogP contribution in [0.2, 0.25) is 0 Å². The summed E-state index contributed by atoms with van der Waals surface area (Å²) in [5.41, 5.74) is 1.38. The molecule has 5 nitrogen and oxygen atoms in total. The molecule has 1 aliphatic heterocycles. The zero-order valence-electron chi connectivity index (χ0n) is 13.6. The standard InChI is InChI=1S/C19H18N2O3S/c22-18(21-19-20-15-8-2-4-10-17(15)25-19)14-7-1-3-9-16(14)24-12-13-6-5-11-23-13/h1-4,7-10,13H,5-6,11-12H2,(H,20,21,22). The molecule has 2 heterocycles. The first-order valence-corrected chi connectivity index (χ1v) is 9.11. The first kappa shape index (κ1) is 16.1. The number of nitrogens with zero attached hydrogens (tertiary/aromatic N) is 1. The van der Waals surface area contributed by atoms with Crippen molar-refractivity contribution in [1.29, 1.82) is 0 Å². The monoisotopic (exact) mass is 354 g/mol. The Kier molecular flexibility index (Phi) is 4.63. The van der Waals surface area contributed by atoms with Crippen molar-refractivity contribution in [1.82, 2.24) is 4.98 Å². The van der Waals surface area contributed by atoms with E-state index < -0.39 is 0 Å². The summed E-state index contributed by atoms with van der Waals surface area (Å²) in [6, 6.07) is 15.1. The minimum absolute atomic E-state index is 0.111. The van der Waals surface area contributed by atoms with Crippen LogP contribution in [0.3, 0.4) is 0 Å². The highest BCUT2D eigenvalue weighted by atomic mass is 32.1. The van der Waals surface area contributed by atoms with Gasteiger partial charge in [-0.25, -0.2) is 4.98 Å². The number of nitrogens with one attached hydrogen (secondary N) is 1. The van der Waals surface area contributed by atoms with Crippen molar-refractivity contribution in [3.63, 3.8) is 0 Å².